The van der Waals surface area contributed by atoms with Gasteiger partial charge in [0.1, 0.15) is 4.90 Å². The summed E-state index contributed by atoms with van der Waals surface area (Å²) in [7, 11) is -3.67. The Morgan fingerprint density at radius 3 is 2.83 bits per heavy atom. The lowest BCUT2D eigenvalue weighted by atomic mass is 9.97. The van der Waals surface area contributed by atoms with Crippen molar-refractivity contribution < 1.29 is 8.42 Å². The first kappa shape index (κ1) is 15.9. The van der Waals surface area contributed by atoms with Gasteiger partial charge in [0.15, 0.2) is 0 Å². The van der Waals surface area contributed by atoms with Crippen LogP contribution in [-0.4, -0.2) is 23.2 Å². The number of thiophene rings is 1. The van der Waals surface area contributed by atoms with Gasteiger partial charge in [-0.05, 0) is 22.9 Å². The van der Waals surface area contributed by atoms with Crippen LogP contribution in [0.5, 0.6) is 0 Å². The van der Waals surface area contributed by atoms with E-state index in [1.807, 2.05) is 11.4 Å². The van der Waals surface area contributed by atoms with Crippen LogP contribution in [0.2, 0.25) is 0 Å². The monoisotopic (exact) mass is 350 g/mol. The molecule has 0 amide bonds. The summed E-state index contributed by atoms with van der Waals surface area (Å²) < 4.78 is 30.1. The van der Waals surface area contributed by atoms with Crippen LogP contribution in [0.1, 0.15) is 20.8 Å². The minimum Gasteiger partial charge on any atom is -0.276 e. The minimum absolute atomic E-state index is 0.0658. The Hall–Kier alpha value is -1.93. The number of hydrogen-bond acceptors (Lipinski definition) is 5. The summed E-state index contributed by atoms with van der Waals surface area (Å²) in [6, 6.07) is 3.50. The maximum Gasteiger partial charge on any atom is 0.263 e. The Balaban J connectivity index is 1.83. The Labute approximate surface area is 139 Å². The number of nitrogens with one attached hydrogen (secondary N) is 1. The molecule has 1 N–H and O–H groups in total. The van der Waals surface area contributed by atoms with Crippen LogP contribution >= 0.6 is 11.3 Å². The second-order valence-corrected chi connectivity index (χ2v) is 9.20. The van der Waals surface area contributed by atoms with Crippen molar-refractivity contribution in [2.24, 2.45) is 5.41 Å². The van der Waals surface area contributed by atoms with Gasteiger partial charge in [0.05, 0.1) is 22.1 Å². The zero-order chi connectivity index (χ0) is 16.7. The summed E-state index contributed by atoms with van der Waals surface area (Å²) in [4.78, 5) is 4.32. The zero-order valence-corrected chi connectivity index (χ0v) is 14.8. The van der Waals surface area contributed by atoms with Crippen LogP contribution in [0.4, 0.5) is 5.69 Å². The van der Waals surface area contributed by atoms with E-state index < -0.39 is 10.0 Å². The molecule has 0 bridgehead atoms. The van der Waals surface area contributed by atoms with E-state index in [2.05, 4.69) is 35.6 Å². The fourth-order valence-electron chi connectivity index (χ4n) is 2.18. The van der Waals surface area contributed by atoms with Crippen molar-refractivity contribution in [3.8, 4) is 0 Å². The molecule has 0 saturated carbocycles. The number of fused-ring (bicyclic) bond motifs is 1. The van der Waals surface area contributed by atoms with Crippen LogP contribution in [0.15, 0.2) is 41.0 Å². The second-order valence-electron chi connectivity index (χ2n) is 6.57. The van der Waals surface area contributed by atoms with Crippen molar-refractivity contribution in [3.63, 3.8) is 0 Å². The van der Waals surface area contributed by atoms with Crippen LogP contribution in [-0.2, 0) is 16.6 Å². The first-order chi connectivity index (χ1) is 10.7. The number of rotatable bonds is 4. The minimum atomic E-state index is -3.67. The molecule has 0 aliphatic carbocycles. The molecular weight excluding hydrogens is 332 g/mol. The van der Waals surface area contributed by atoms with Crippen molar-refractivity contribution in [1.82, 2.24) is 14.8 Å². The first-order valence-electron chi connectivity index (χ1n) is 7.11. The predicted octanol–water partition coefficient (Wildman–Crippen LogP) is 3.34. The molecule has 3 aromatic rings. The average molecular weight is 350 g/mol. The van der Waals surface area contributed by atoms with Crippen molar-refractivity contribution in [2.75, 3.05) is 4.72 Å². The lowest BCUT2D eigenvalue weighted by Gasteiger charge is -2.17. The molecule has 3 aromatic heterocycles. The highest BCUT2D eigenvalue weighted by atomic mass is 32.2. The smallest absolute Gasteiger partial charge is 0.263 e. The zero-order valence-electron chi connectivity index (χ0n) is 13.1. The molecule has 0 spiro atoms. The lowest BCUT2D eigenvalue weighted by Crippen LogP contribution is -2.16. The van der Waals surface area contributed by atoms with Gasteiger partial charge in [0.25, 0.3) is 10.0 Å². The predicted molar refractivity (Wildman–Crippen MR) is 92.1 cm³/mol. The molecule has 0 atom stereocenters. The maximum absolute atomic E-state index is 12.5. The Morgan fingerprint density at radius 1 is 1.30 bits per heavy atom. The van der Waals surface area contributed by atoms with Gasteiger partial charge < -0.3 is 0 Å². The summed E-state index contributed by atoms with van der Waals surface area (Å²) in [5.41, 5.74) is 1.31. The Morgan fingerprint density at radius 2 is 2.09 bits per heavy atom. The number of sulfonamides is 1. The molecule has 0 unspecified atom stereocenters. The van der Waals surface area contributed by atoms with Gasteiger partial charge in [-0.15, -0.1) is 11.3 Å². The third-order valence-corrected chi connectivity index (χ3v) is 5.31. The highest BCUT2D eigenvalue weighted by Crippen LogP contribution is 2.23. The summed E-state index contributed by atoms with van der Waals surface area (Å²) in [6.45, 7) is 7.00. The largest absolute Gasteiger partial charge is 0.276 e. The number of hydrogen-bond donors (Lipinski definition) is 1. The number of anilines is 1. The molecule has 3 rings (SSSR count). The summed E-state index contributed by atoms with van der Waals surface area (Å²) >= 11 is 1.46. The Bertz CT molecular complexity index is 936. The maximum atomic E-state index is 12.5. The van der Waals surface area contributed by atoms with Crippen LogP contribution in [0.25, 0.3) is 10.2 Å². The molecule has 0 fully saturated rings. The quantitative estimate of drug-likeness (QED) is 0.783. The molecule has 6 nitrogen and oxygen atoms in total. The molecule has 0 aromatic carbocycles. The van der Waals surface area contributed by atoms with Crippen molar-refractivity contribution in [3.05, 3.63) is 36.1 Å². The fraction of sp³-hybridized carbons (Fsp3) is 0.333. The SMILES string of the molecule is CC(C)(C)Cn1cc(NS(=O)(=O)c2cnc3ccsc3c2)cn1. The lowest BCUT2D eigenvalue weighted by molar-refractivity contribution is 0.325. The van der Waals surface area contributed by atoms with Gasteiger partial charge in [-0.1, -0.05) is 20.8 Å². The highest BCUT2D eigenvalue weighted by Gasteiger charge is 2.18. The molecular formula is C15H18N4O2S2. The van der Waals surface area contributed by atoms with E-state index in [1.165, 1.54) is 23.7 Å². The van der Waals surface area contributed by atoms with Crippen LogP contribution < -0.4 is 4.72 Å². The summed E-state index contributed by atoms with van der Waals surface area (Å²) in [5, 5.41) is 6.08. The normalized spacial score (nSPS) is 12.7. The van der Waals surface area contributed by atoms with E-state index in [9.17, 15) is 8.42 Å². The first-order valence-corrected chi connectivity index (χ1v) is 9.48. The van der Waals surface area contributed by atoms with Gasteiger partial charge in [0.2, 0.25) is 0 Å². The van der Waals surface area contributed by atoms with Gasteiger partial charge >= 0.3 is 0 Å². The standard InChI is InChI=1S/C15H18N4O2S2/c1-15(2,3)10-19-9-11(7-17-19)18-23(20,21)12-6-14-13(16-8-12)4-5-22-14/h4-9,18H,10H2,1-3H3. The van der Waals surface area contributed by atoms with E-state index in [0.29, 0.717) is 12.2 Å². The molecule has 0 aliphatic heterocycles. The molecule has 0 saturated heterocycles. The summed E-state index contributed by atoms with van der Waals surface area (Å²) in [5.74, 6) is 0. The topological polar surface area (TPSA) is 76.9 Å². The van der Waals surface area contributed by atoms with E-state index in [1.54, 1.807) is 16.9 Å². The second kappa shape index (κ2) is 5.61. The van der Waals surface area contributed by atoms with E-state index >= 15 is 0 Å². The molecule has 122 valence electrons. The molecule has 0 aliphatic rings. The molecule has 8 heteroatoms. The van der Waals surface area contributed by atoms with E-state index in [-0.39, 0.29) is 10.3 Å². The number of aromatic nitrogens is 3. The molecule has 3 heterocycles. The molecule has 23 heavy (non-hydrogen) atoms. The van der Waals surface area contributed by atoms with Crippen LogP contribution in [0.3, 0.4) is 0 Å². The fourth-order valence-corrected chi connectivity index (χ4v) is 4.03. The van der Waals surface area contributed by atoms with Crippen molar-refractivity contribution >= 4 is 37.3 Å². The third-order valence-electron chi connectivity index (χ3n) is 3.11. The van der Waals surface area contributed by atoms with Crippen LogP contribution in [0, 0.1) is 5.41 Å². The summed E-state index contributed by atoms with van der Waals surface area (Å²) in [6.07, 6.45) is 4.58. The van der Waals surface area contributed by atoms with Crippen molar-refractivity contribution in [2.45, 2.75) is 32.2 Å². The van der Waals surface area contributed by atoms with Gasteiger partial charge in [0, 0.05) is 18.9 Å². The Kier molecular flexibility index (Phi) is 3.89. The third kappa shape index (κ3) is 3.70. The van der Waals surface area contributed by atoms with Gasteiger partial charge in [-0.2, -0.15) is 5.10 Å². The van der Waals surface area contributed by atoms with Gasteiger partial charge in [-0.3, -0.25) is 14.4 Å². The average Bonchev–Trinajstić information content (AvgIpc) is 3.04. The van der Waals surface area contributed by atoms with E-state index in [0.717, 1.165) is 10.2 Å². The van der Waals surface area contributed by atoms with E-state index in [4.69, 9.17) is 0 Å². The molecule has 0 radical (unpaired) electrons. The number of nitrogens with zero attached hydrogens (tertiary/aromatic N) is 3. The van der Waals surface area contributed by atoms with Crippen molar-refractivity contribution in [1.29, 1.82) is 0 Å². The van der Waals surface area contributed by atoms with Gasteiger partial charge in [-0.25, -0.2) is 8.42 Å². The number of pyridine rings is 1. The highest BCUT2D eigenvalue weighted by molar-refractivity contribution is 7.92.